The minimum Gasteiger partial charge on any atom is -0.345 e. The maximum absolute atomic E-state index is 11.6. The van der Waals surface area contributed by atoms with Crippen molar-refractivity contribution in [1.82, 2.24) is 20.0 Å². The quantitative estimate of drug-likeness (QED) is 0.793. The number of rotatable bonds is 2. The zero-order chi connectivity index (χ0) is 14.9. The fraction of sp³-hybridized carbons (Fsp3) is 0.938. The number of likely N-dealkylation sites (N-methyl/N-ethyl adjacent to an activating group) is 1. The molecule has 5 nitrogen and oxygen atoms in total. The lowest BCUT2D eigenvalue weighted by atomic mass is 9.84. The first-order valence-electron chi connectivity index (χ1n) is 8.47. The molecule has 0 bridgehead atoms. The van der Waals surface area contributed by atoms with Gasteiger partial charge in [0, 0.05) is 51.7 Å². The van der Waals surface area contributed by atoms with Crippen molar-refractivity contribution in [2.24, 2.45) is 5.92 Å². The van der Waals surface area contributed by atoms with Crippen LogP contribution in [0.15, 0.2) is 0 Å². The third-order valence-electron chi connectivity index (χ3n) is 5.85. The van der Waals surface area contributed by atoms with Crippen LogP contribution in [0.5, 0.6) is 0 Å². The van der Waals surface area contributed by atoms with E-state index in [2.05, 4.69) is 22.2 Å². The van der Waals surface area contributed by atoms with Gasteiger partial charge in [0.25, 0.3) is 0 Å². The molecule has 3 fully saturated rings. The molecule has 1 spiro atoms. The number of halogens is 2. The van der Waals surface area contributed by atoms with Crippen LogP contribution < -0.4 is 5.32 Å². The van der Waals surface area contributed by atoms with Crippen LogP contribution in [0.4, 0.5) is 0 Å². The van der Waals surface area contributed by atoms with E-state index in [1.165, 1.54) is 39.0 Å². The monoisotopic (exact) mass is 366 g/mol. The molecule has 3 rings (SSSR count). The van der Waals surface area contributed by atoms with Gasteiger partial charge in [-0.25, -0.2) is 0 Å². The molecule has 23 heavy (non-hydrogen) atoms. The minimum atomic E-state index is 0. The Morgan fingerprint density at radius 3 is 2.52 bits per heavy atom. The zero-order valence-electron chi connectivity index (χ0n) is 14.4. The van der Waals surface area contributed by atoms with E-state index in [9.17, 15) is 4.79 Å². The van der Waals surface area contributed by atoms with E-state index in [0.29, 0.717) is 17.4 Å². The summed E-state index contributed by atoms with van der Waals surface area (Å²) in [5.74, 6) is 0.981. The number of piperidine rings is 2. The summed E-state index contributed by atoms with van der Waals surface area (Å²) in [5, 5.41) is 3.49. The Balaban J connectivity index is 0.00000132. The molecule has 1 unspecified atom stereocenters. The number of piperazine rings is 1. The topological polar surface area (TPSA) is 38.8 Å². The van der Waals surface area contributed by atoms with Crippen molar-refractivity contribution >= 4 is 30.7 Å². The van der Waals surface area contributed by atoms with Crippen LogP contribution in [-0.4, -0.2) is 86.1 Å². The average Bonchev–Trinajstić information content (AvgIpc) is 2.48. The molecule has 1 N–H and O–H groups in total. The van der Waals surface area contributed by atoms with E-state index in [1.807, 2.05) is 11.9 Å². The van der Waals surface area contributed by atoms with Crippen molar-refractivity contribution in [2.75, 3.05) is 59.9 Å². The standard InChI is InChI=1S/C16H30N4O.2ClH/c1-18-11-14(3-4-15(18)21)12-20-10-9-19(2)16(13-20)5-7-17-8-6-16;;/h14,17H,3-13H2,1-2H3;2*1H. The summed E-state index contributed by atoms with van der Waals surface area (Å²) in [6.07, 6.45) is 4.35. The van der Waals surface area contributed by atoms with Crippen molar-refractivity contribution in [2.45, 2.75) is 31.2 Å². The second-order valence-corrected chi connectivity index (χ2v) is 7.31. The molecule has 0 radical (unpaired) electrons. The molecular weight excluding hydrogens is 335 g/mol. The minimum absolute atomic E-state index is 0. The Kier molecular flexibility index (Phi) is 8.08. The van der Waals surface area contributed by atoms with Gasteiger partial charge in [-0.15, -0.1) is 24.8 Å². The Morgan fingerprint density at radius 1 is 1.17 bits per heavy atom. The molecule has 3 saturated heterocycles. The van der Waals surface area contributed by atoms with Crippen LogP contribution in [0.25, 0.3) is 0 Å². The third-order valence-corrected chi connectivity index (χ3v) is 5.85. The first-order valence-corrected chi connectivity index (χ1v) is 8.47. The fourth-order valence-electron chi connectivity index (χ4n) is 4.35. The third kappa shape index (κ3) is 4.73. The number of carbonyl (C=O) groups excluding carboxylic acids is 1. The number of amides is 1. The Labute approximate surface area is 152 Å². The number of nitrogens with one attached hydrogen (secondary N) is 1. The van der Waals surface area contributed by atoms with Gasteiger partial charge < -0.3 is 10.2 Å². The Morgan fingerprint density at radius 2 is 1.87 bits per heavy atom. The van der Waals surface area contributed by atoms with Crippen molar-refractivity contribution in [1.29, 1.82) is 0 Å². The first-order chi connectivity index (χ1) is 10.1. The Hall–Kier alpha value is -0.0700. The number of hydrogen-bond acceptors (Lipinski definition) is 4. The zero-order valence-corrected chi connectivity index (χ0v) is 16.1. The lowest BCUT2D eigenvalue weighted by Gasteiger charge is -2.52. The summed E-state index contributed by atoms with van der Waals surface area (Å²) >= 11 is 0. The lowest BCUT2D eigenvalue weighted by Crippen LogP contribution is -2.64. The van der Waals surface area contributed by atoms with Crippen LogP contribution >= 0.6 is 24.8 Å². The second kappa shape index (κ2) is 8.86. The van der Waals surface area contributed by atoms with Crippen molar-refractivity contribution < 1.29 is 4.79 Å². The molecule has 3 aliphatic heterocycles. The molecule has 1 atom stereocenters. The molecule has 3 heterocycles. The van der Waals surface area contributed by atoms with Crippen LogP contribution in [0.2, 0.25) is 0 Å². The first kappa shape index (κ1) is 21.0. The smallest absolute Gasteiger partial charge is 0.222 e. The highest BCUT2D eigenvalue weighted by Gasteiger charge is 2.41. The highest BCUT2D eigenvalue weighted by atomic mass is 35.5. The highest BCUT2D eigenvalue weighted by Crippen LogP contribution is 2.30. The van der Waals surface area contributed by atoms with E-state index >= 15 is 0 Å². The van der Waals surface area contributed by atoms with Crippen LogP contribution in [-0.2, 0) is 4.79 Å². The molecule has 0 aromatic rings. The number of carbonyl (C=O) groups is 1. The number of hydrogen-bond donors (Lipinski definition) is 1. The molecule has 0 aromatic carbocycles. The molecule has 0 aromatic heterocycles. The van der Waals surface area contributed by atoms with E-state index in [1.54, 1.807) is 0 Å². The molecule has 136 valence electrons. The van der Waals surface area contributed by atoms with Gasteiger partial charge in [-0.05, 0) is 45.3 Å². The summed E-state index contributed by atoms with van der Waals surface area (Å²) in [5.41, 5.74) is 0.389. The maximum Gasteiger partial charge on any atom is 0.222 e. The van der Waals surface area contributed by atoms with Gasteiger partial charge in [-0.2, -0.15) is 0 Å². The predicted molar refractivity (Wildman–Crippen MR) is 98.8 cm³/mol. The van der Waals surface area contributed by atoms with E-state index in [0.717, 1.165) is 32.5 Å². The summed E-state index contributed by atoms with van der Waals surface area (Å²) < 4.78 is 0. The van der Waals surface area contributed by atoms with Gasteiger partial charge in [-0.3, -0.25) is 14.6 Å². The SMILES string of the molecule is CN1CC(CN2CCN(C)C3(CCNCC3)C2)CCC1=O.Cl.Cl. The van der Waals surface area contributed by atoms with Crippen LogP contribution in [0.1, 0.15) is 25.7 Å². The van der Waals surface area contributed by atoms with Crippen molar-refractivity contribution in [3.63, 3.8) is 0 Å². The molecule has 1 amide bonds. The highest BCUT2D eigenvalue weighted by molar-refractivity contribution is 5.85. The fourth-order valence-corrected chi connectivity index (χ4v) is 4.35. The van der Waals surface area contributed by atoms with E-state index in [4.69, 9.17) is 0 Å². The predicted octanol–water partition coefficient (Wildman–Crippen LogP) is 1.07. The summed E-state index contributed by atoms with van der Waals surface area (Å²) in [7, 11) is 4.25. The molecule has 0 aliphatic carbocycles. The Bertz CT molecular complexity index is 390. The largest absolute Gasteiger partial charge is 0.345 e. The summed E-state index contributed by atoms with van der Waals surface area (Å²) in [6, 6.07) is 0. The second-order valence-electron chi connectivity index (χ2n) is 7.31. The van der Waals surface area contributed by atoms with Crippen LogP contribution in [0.3, 0.4) is 0 Å². The van der Waals surface area contributed by atoms with E-state index in [-0.39, 0.29) is 24.8 Å². The van der Waals surface area contributed by atoms with Gasteiger partial charge in [0.2, 0.25) is 5.91 Å². The summed E-state index contributed by atoms with van der Waals surface area (Å²) in [4.78, 5) is 18.8. The lowest BCUT2D eigenvalue weighted by molar-refractivity contribution is -0.133. The van der Waals surface area contributed by atoms with E-state index < -0.39 is 0 Å². The number of likely N-dealkylation sites (tertiary alicyclic amines) is 1. The maximum atomic E-state index is 11.6. The molecule has 0 saturated carbocycles. The molecule has 7 heteroatoms. The summed E-state index contributed by atoms with van der Waals surface area (Å²) in [6.45, 7) is 7.98. The van der Waals surface area contributed by atoms with Gasteiger partial charge in [-0.1, -0.05) is 0 Å². The normalized spacial score (nSPS) is 29.0. The van der Waals surface area contributed by atoms with Crippen molar-refractivity contribution in [3.05, 3.63) is 0 Å². The van der Waals surface area contributed by atoms with Crippen molar-refractivity contribution in [3.8, 4) is 0 Å². The average molecular weight is 367 g/mol. The van der Waals surface area contributed by atoms with Gasteiger partial charge in [0.1, 0.15) is 0 Å². The van der Waals surface area contributed by atoms with Gasteiger partial charge in [0.15, 0.2) is 0 Å². The van der Waals surface area contributed by atoms with Gasteiger partial charge in [0.05, 0.1) is 0 Å². The molecule has 3 aliphatic rings. The van der Waals surface area contributed by atoms with Crippen LogP contribution in [0, 0.1) is 5.92 Å². The van der Waals surface area contributed by atoms with Gasteiger partial charge >= 0.3 is 0 Å². The number of nitrogens with zero attached hydrogens (tertiary/aromatic N) is 3. The molecular formula is C16H32Cl2N4O.